The molecule has 0 aliphatic carbocycles. The SMILES string of the molecule is CCCC1(C(C)(C)OS(=O)(=O)O)CO1. The molecule has 0 aromatic heterocycles. The van der Waals surface area contributed by atoms with Crippen molar-refractivity contribution < 1.29 is 21.9 Å². The number of rotatable bonds is 5. The van der Waals surface area contributed by atoms with E-state index in [1.165, 1.54) is 0 Å². The fraction of sp³-hybridized carbons (Fsp3) is 1.00. The maximum absolute atomic E-state index is 10.6. The molecule has 1 rings (SSSR count). The highest BCUT2D eigenvalue weighted by molar-refractivity contribution is 7.80. The van der Waals surface area contributed by atoms with E-state index in [1.807, 2.05) is 6.92 Å². The van der Waals surface area contributed by atoms with Gasteiger partial charge in [0.2, 0.25) is 0 Å². The molecule has 1 fully saturated rings. The van der Waals surface area contributed by atoms with Gasteiger partial charge in [-0.05, 0) is 20.3 Å². The first-order chi connectivity index (χ1) is 6.22. The van der Waals surface area contributed by atoms with Gasteiger partial charge in [0.05, 0.1) is 6.61 Å². The molecule has 14 heavy (non-hydrogen) atoms. The van der Waals surface area contributed by atoms with Gasteiger partial charge in [0.15, 0.2) is 0 Å². The van der Waals surface area contributed by atoms with E-state index in [9.17, 15) is 8.42 Å². The molecule has 6 heteroatoms. The topological polar surface area (TPSA) is 76.1 Å². The molecule has 1 unspecified atom stereocenters. The fourth-order valence-electron chi connectivity index (χ4n) is 1.62. The molecule has 0 spiro atoms. The molecule has 84 valence electrons. The van der Waals surface area contributed by atoms with Crippen LogP contribution in [-0.2, 0) is 19.3 Å². The number of hydrogen-bond donors (Lipinski definition) is 1. The molecule has 0 bridgehead atoms. The Morgan fingerprint density at radius 2 is 2.07 bits per heavy atom. The summed E-state index contributed by atoms with van der Waals surface area (Å²) >= 11 is 0. The highest BCUT2D eigenvalue weighted by Gasteiger charge is 2.58. The lowest BCUT2D eigenvalue weighted by atomic mass is 9.88. The molecule has 1 aliphatic heterocycles. The normalized spacial score (nSPS) is 27.7. The van der Waals surface area contributed by atoms with Crippen molar-refractivity contribution in [1.29, 1.82) is 0 Å². The molecule has 0 saturated carbocycles. The average Bonchev–Trinajstić information content (AvgIpc) is 2.63. The van der Waals surface area contributed by atoms with Crippen LogP contribution >= 0.6 is 0 Å². The van der Waals surface area contributed by atoms with Crippen LogP contribution < -0.4 is 0 Å². The van der Waals surface area contributed by atoms with Crippen LogP contribution in [-0.4, -0.2) is 30.8 Å². The summed E-state index contributed by atoms with van der Waals surface area (Å²) in [7, 11) is -4.42. The maximum Gasteiger partial charge on any atom is 0.397 e. The van der Waals surface area contributed by atoms with E-state index >= 15 is 0 Å². The summed E-state index contributed by atoms with van der Waals surface area (Å²) in [5.41, 5.74) is -1.58. The van der Waals surface area contributed by atoms with Crippen molar-refractivity contribution in [3.05, 3.63) is 0 Å². The molecular formula is C8H16O5S. The highest BCUT2D eigenvalue weighted by atomic mass is 32.3. The zero-order chi connectivity index (χ0) is 11.0. The fourth-order valence-corrected chi connectivity index (χ4v) is 2.30. The van der Waals surface area contributed by atoms with Crippen LogP contribution in [0.2, 0.25) is 0 Å². The lowest BCUT2D eigenvalue weighted by Gasteiger charge is -2.29. The molecule has 1 N–H and O–H groups in total. The van der Waals surface area contributed by atoms with Crippen molar-refractivity contribution in [3.63, 3.8) is 0 Å². The lowest BCUT2D eigenvalue weighted by molar-refractivity contribution is 0.00943. The van der Waals surface area contributed by atoms with E-state index in [4.69, 9.17) is 9.29 Å². The number of hydrogen-bond acceptors (Lipinski definition) is 4. The van der Waals surface area contributed by atoms with E-state index in [2.05, 4.69) is 4.18 Å². The Morgan fingerprint density at radius 3 is 2.36 bits per heavy atom. The molecule has 0 radical (unpaired) electrons. The molecule has 5 nitrogen and oxygen atoms in total. The van der Waals surface area contributed by atoms with Crippen molar-refractivity contribution in [2.45, 2.75) is 44.8 Å². The van der Waals surface area contributed by atoms with Gasteiger partial charge in [-0.3, -0.25) is 4.55 Å². The van der Waals surface area contributed by atoms with Gasteiger partial charge in [-0.15, -0.1) is 0 Å². The monoisotopic (exact) mass is 224 g/mol. The van der Waals surface area contributed by atoms with Gasteiger partial charge in [-0.2, -0.15) is 8.42 Å². The molecule has 1 heterocycles. The Bertz CT molecular complexity index is 302. The van der Waals surface area contributed by atoms with Crippen LogP contribution in [0.1, 0.15) is 33.6 Å². The summed E-state index contributed by atoms with van der Waals surface area (Å²) in [6.07, 6.45) is 1.59. The van der Waals surface area contributed by atoms with Gasteiger partial charge in [0.1, 0.15) is 11.2 Å². The second-order valence-electron chi connectivity index (χ2n) is 4.05. The Hall–Kier alpha value is -0.170. The van der Waals surface area contributed by atoms with Gasteiger partial charge < -0.3 is 4.74 Å². The van der Waals surface area contributed by atoms with Crippen LogP contribution in [0.25, 0.3) is 0 Å². The Labute approximate surface area is 84.4 Å². The second-order valence-corrected chi connectivity index (χ2v) is 5.08. The highest BCUT2D eigenvalue weighted by Crippen LogP contribution is 2.44. The number of ether oxygens (including phenoxy) is 1. The van der Waals surface area contributed by atoms with Gasteiger partial charge in [-0.1, -0.05) is 13.3 Å². The van der Waals surface area contributed by atoms with E-state index in [-0.39, 0.29) is 0 Å². The molecule has 1 atom stereocenters. The summed E-state index contributed by atoms with van der Waals surface area (Å²) in [5, 5.41) is 0. The summed E-state index contributed by atoms with van der Waals surface area (Å²) < 4.78 is 39.7. The minimum absolute atomic E-state index is 0.476. The Morgan fingerprint density at radius 1 is 1.57 bits per heavy atom. The molecule has 1 aliphatic rings. The molecular weight excluding hydrogens is 208 g/mol. The maximum atomic E-state index is 10.6. The quantitative estimate of drug-likeness (QED) is 0.560. The summed E-state index contributed by atoms with van der Waals surface area (Å²) in [6.45, 7) is 5.66. The van der Waals surface area contributed by atoms with Crippen LogP contribution in [0.3, 0.4) is 0 Å². The van der Waals surface area contributed by atoms with Crippen LogP contribution in [0, 0.1) is 0 Å². The van der Waals surface area contributed by atoms with Gasteiger partial charge >= 0.3 is 10.4 Å². The van der Waals surface area contributed by atoms with Crippen LogP contribution in [0.4, 0.5) is 0 Å². The standard InChI is InChI=1S/C8H16O5S/c1-4-5-8(6-12-8)7(2,3)13-14(9,10)11/h4-6H2,1-3H3,(H,9,10,11). The lowest BCUT2D eigenvalue weighted by Crippen LogP contribution is -2.43. The summed E-state index contributed by atoms with van der Waals surface area (Å²) in [5.74, 6) is 0. The minimum atomic E-state index is -4.42. The van der Waals surface area contributed by atoms with Crippen molar-refractivity contribution in [2.24, 2.45) is 0 Å². The Kier molecular flexibility index (Phi) is 2.93. The van der Waals surface area contributed by atoms with E-state index in [1.54, 1.807) is 13.8 Å². The van der Waals surface area contributed by atoms with Crippen molar-refractivity contribution in [2.75, 3.05) is 6.61 Å². The predicted molar refractivity (Wildman–Crippen MR) is 50.3 cm³/mol. The van der Waals surface area contributed by atoms with E-state index < -0.39 is 21.6 Å². The molecule has 0 aromatic rings. The third-order valence-corrected chi connectivity index (χ3v) is 3.18. The van der Waals surface area contributed by atoms with E-state index in [0.29, 0.717) is 6.61 Å². The molecule has 0 aromatic carbocycles. The smallest absolute Gasteiger partial charge is 0.366 e. The van der Waals surface area contributed by atoms with Crippen LogP contribution in [0.5, 0.6) is 0 Å². The predicted octanol–water partition coefficient (Wildman–Crippen LogP) is 1.15. The first kappa shape index (κ1) is 11.9. The first-order valence-electron chi connectivity index (χ1n) is 4.54. The van der Waals surface area contributed by atoms with Crippen molar-refractivity contribution in [3.8, 4) is 0 Å². The van der Waals surface area contributed by atoms with Crippen LogP contribution in [0.15, 0.2) is 0 Å². The average molecular weight is 224 g/mol. The van der Waals surface area contributed by atoms with Gasteiger partial charge in [0, 0.05) is 0 Å². The molecule has 1 saturated heterocycles. The molecule has 0 amide bonds. The third-order valence-electron chi connectivity index (χ3n) is 2.56. The van der Waals surface area contributed by atoms with Crippen molar-refractivity contribution in [1.82, 2.24) is 0 Å². The van der Waals surface area contributed by atoms with E-state index in [0.717, 1.165) is 12.8 Å². The largest absolute Gasteiger partial charge is 0.397 e. The third kappa shape index (κ3) is 2.44. The minimum Gasteiger partial charge on any atom is -0.366 e. The Balaban J connectivity index is 2.75. The van der Waals surface area contributed by atoms with Gasteiger partial charge in [-0.25, -0.2) is 4.18 Å². The zero-order valence-corrected chi connectivity index (χ0v) is 9.43. The summed E-state index contributed by atoms with van der Waals surface area (Å²) in [6, 6.07) is 0. The number of epoxide rings is 1. The van der Waals surface area contributed by atoms with Gasteiger partial charge in [0.25, 0.3) is 0 Å². The first-order valence-corrected chi connectivity index (χ1v) is 5.91. The second kappa shape index (κ2) is 3.44. The van der Waals surface area contributed by atoms with Crippen molar-refractivity contribution >= 4 is 10.4 Å². The zero-order valence-electron chi connectivity index (χ0n) is 8.61. The summed E-state index contributed by atoms with van der Waals surface area (Å²) in [4.78, 5) is 0.